The van der Waals surface area contributed by atoms with E-state index in [4.69, 9.17) is 0 Å². The lowest BCUT2D eigenvalue weighted by molar-refractivity contribution is 1.17. The number of thiol groups is 1. The first-order valence-electron chi connectivity index (χ1n) is 4.74. The van der Waals surface area contributed by atoms with E-state index in [1.54, 1.807) is 0 Å². The largest absolute Gasteiger partial charge is 0.178 e. The molecule has 0 amide bonds. The van der Waals surface area contributed by atoms with Crippen LogP contribution in [0.4, 0.5) is 0 Å². The highest BCUT2D eigenvalue weighted by Gasteiger charge is 2.26. The first kappa shape index (κ1) is 10.8. The van der Waals surface area contributed by atoms with Crippen LogP contribution in [0.5, 0.6) is 0 Å². The summed E-state index contributed by atoms with van der Waals surface area (Å²) in [6.07, 6.45) is 0. The molecule has 1 heterocycles. The Hall–Kier alpha value is 0.270. The van der Waals surface area contributed by atoms with Crippen molar-refractivity contribution in [1.29, 1.82) is 0 Å². The number of thioether (sulfide) groups is 2. The van der Waals surface area contributed by atoms with Crippen LogP contribution in [0, 0.1) is 6.92 Å². The number of rotatable bonds is 2. The average Bonchev–Trinajstić information content (AvgIpc) is 2.67. The normalized spacial score (nSPS) is 26.7. The van der Waals surface area contributed by atoms with Crippen LogP contribution >= 0.6 is 36.2 Å². The maximum Gasteiger partial charge on any atom is 0.0757 e. The zero-order chi connectivity index (χ0) is 9.97. The molecule has 1 aromatic carbocycles. The molecule has 0 aliphatic carbocycles. The molecule has 76 valence electrons. The lowest BCUT2D eigenvalue weighted by atomic mass is 10.1. The van der Waals surface area contributed by atoms with Crippen molar-refractivity contribution in [3.05, 3.63) is 35.4 Å². The Bertz CT molecular complexity index is 311. The third kappa shape index (κ3) is 2.26. The molecule has 2 atom stereocenters. The average molecular weight is 242 g/mol. The lowest BCUT2D eigenvalue weighted by Gasteiger charge is -2.11. The van der Waals surface area contributed by atoms with Crippen molar-refractivity contribution in [3.63, 3.8) is 0 Å². The van der Waals surface area contributed by atoms with E-state index in [0.717, 1.165) is 11.0 Å². The summed E-state index contributed by atoms with van der Waals surface area (Å²) in [7, 11) is 0. The number of hydrogen-bond donors (Lipinski definition) is 1. The summed E-state index contributed by atoms with van der Waals surface area (Å²) in [6.45, 7) is 2.20. The van der Waals surface area contributed by atoms with Gasteiger partial charge in [0.1, 0.15) is 0 Å². The van der Waals surface area contributed by atoms with E-state index in [2.05, 4.69) is 67.3 Å². The van der Waals surface area contributed by atoms with Crippen LogP contribution in [0.3, 0.4) is 0 Å². The summed E-state index contributed by atoms with van der Waals surface area (Å²) in [5.74, 6) is 2.24. The molecule has 14 heavy (non-hydrogen) atoms. The molecule has 1 aromatic rings. The minimum Gasteiger partial charge on any atom is -0.178 e. The van der Waals surface area contributed by atoms with Crippen LogP contribution in [-0.4, -0.2) is 16.8 Å². The fourth-order valence-corrected chi connectivity index (χ4v) is 5.49. The molecule has 0 aromatic heterocycles. The molecule has 0 spiro atoms. The Balaban J connectivity index is 2.13. The van der Waals surface area contributed by atoms with Crippen LogP contribution < -0.4 is 0 Å². The van der Waals surface area contributed by atoms with Gasteiger partial charge in [-0.1, -0.05) is 24.3 Å². The van der Waals surface area contributed by atoms with E-state index in [1.807, 2.05) is 0 Å². The lowest BCUT2D eigenvalue weighted by Crippen LogP contribution is -2.01. The molecule has 3 heteroatoms. The van der Waals surface area contributed by atoms with E-state index >= 15 is 0 Å². The molecule has 1 fully saturated rings. The SMILES string of the molecule is Cc1ccccc1C1SCC(CS)S1. The highest BCUT2D eigenvalue weighted by atomic mass is 32.2. The minimum atomic E-state index is 0.633. The molecular formula is C11H14S3. The van der Waals surface area contributed by atoms with Gasteiger partial charge in [-0.25, -0.2) is 0 Å². The summed E-state index contributed by atoms with van der Waals surface area (Å²) in [4.78, 5) is 0. The smallest absolute Gasteiger partial charge is 0.0757 e. The second-order valence-corrected chi connectivity index (χ2v) is 6.67. The van der Waals surface area contributed by atoms with Crippen molar-refractivity contribution in [2.75, 3.05) is 11.5 Å². The van der Waals surface area contributed by atoms with Crippen LogP contribution in [0.1, 0.15) is 15.7 Å². The monoisotopic (exact) mass is 242 g/mol. The Kier molecular flexibility index (Phi) is 3.74. The second kappa shape index (κ2) is 4.86. The Morgan fingerprint density at radius 2 is 2.21 bits per heavy atom. The number of benzene rings is 1. The van der Waals surface area contributed by atoms with Gasteiger partial charge in [-0.3, -0.25) is 0 Å². The maximum atomic E-state index is 4.36. The van der Waals surface area contributed by atoms with Gasteiger partial charge in [0.2, 0.25) is 0 Å². The van der Waals surface area contributed by atoms with E-state index in [1.165, 1.54) is 16.9 Å². The van der Waals surface area contributed by atoms with Gasteiger partial charge in [0, 0.05) is 16.8 Å². The van der Waals surface area contributed by atoms with Crippen molar-refractivity contribution < 1.29 is 0 Å². The van der Waals surface area contributed by atoms with Crippen LogP contribution in [-0.2, 0) is 0 Å². The molecule has 0 saturated carbocycles. The molecular weight excluding hydrogens is 228 g/mol. The van der Waals surface area contributed by atoms with E-state index in [9.17, 15) is 0 Å². The molecule has 1 saturated heterocycles. The van der Waals surface area contributed by atoms with Gasteiger partial charge < -0.3 is 0 Å². The fraction of sp³-hybridized carbons (Fsp3) is 0.455. The van der Waals surface area contributed by atoms with Gasteiger partial charge in [-0.2, -0.15) is 12.6 Å². The summed E-state index contributed by atoms with van der Waals surface area (Å²) < 4.78 is 0.633. The van der Waals surface area contributed by atoms with Gasteiger partial charge in [-0.15, -0.1) is 23.5 Å². The third-order valence-electron chi connectivity index (χ3n) is 2.40. The quantitative estimate of drug-likeness (QED) is 0.784. The zero-order valence-corrected chi connectivity index (χ0v) is 10.7. The molecule has 1 aliphatic rings. The summed E-state index contributed by atoms with van der Waals surface area (Å²) in [5.41, 5.74) is 2.91. The Labute approximate surface area is 99.7 Å². The maximum absolute atomic E-state index is 4.36. The van der Waals surface area contributed by atoms with E-state index in [-0.39, 0.29) is 0 Å². The Morgan fingerprint density at radius 1 is 1.43 bits per heavy atom. The highest BCUT2D eigenvalue weighted by Crippen LogP contribution is 2.50. The Morgan fingerprint density at radius 3 is 2.86 bits per heavy atom. The van der Waals surface area contributed by atoms with Gasteiger partial charge in [0.25, 0.3) is 0 Å². The summed E-state index contributed by atoms with van der Waals surface area (Å²) in [5, 5.41) is 0.730. The van der Waals surface area contributed by atoms with E-state index in [0.29, 0.717) is 4.58 Å². The first-order valence-corrected chi connectivity index (χ1v) is 7.37. The van der Waals surface area contributed by atoms with Crippen LogP contribution in [0.15, 0.2) is 24.3 Å². The molecule has 2 unspecified atom stereocenters. The van der Waals surface area contributed by atoms with Gasteiger partial charge in [0.05, 0.1) is 4.58 Å². The van der Waals surface area contributed by atoms with Crippen molar-refractivity contribution in [2.45, 2.75) is 16.8 Å². The van der Waals surface area contributed by atoms with Gasteiger partial charge in [0.15, 0.2) is 0 Å². The predicted octanol–water partition coefficient (Wildman–Crippen LogP) is 3.77. The standard InChI is InChI=1S/C11H14S3/c1-8-4-2-3-5-10(8)11-13-7-9(6-12)14-11/h2-5,9,11-12H,6-7H2,1H3. The van der Waals surface area contributed by atoms with E-state index < -0.39 is 0 Å². The van der Waals surface area contributed by atoms with Gasteiger partial charge >= 0.3 is 0 Å². The highest BCUT2D eigenvalue weighted by molar-refractivity contribution is 8.20. The first-order chi connectivity index (χ1) is 6.81. The van der Waals surface area contributed by atoms with Gasteiger partial charge in [-0.05, 0) is 18.1 Å². The summed E-state index contributed by atoms with van der Waals surface area (Å²) >= 11 is 8.48. The van der Waals surface area contributed by atoms with Crippen molar-refractivity contribution in [2.24, 2.45) is 0 Å². The number of hydrogen-bond acceptors (Lipinski definition) is 3. The molecule has 1 aliphatic heterocycles. The zero-order valence-electron chi connectivity index (χ0n) is 8.14. The topological polar surface area (TPSA) is 0 Å². The molecule has 2 rings (SSSR count). The third-order valence-corrected chi connectivity index (χ3v) is 6.41. The van der Waals surface area contributed by atoms with Crippen LogP contribution in [0.25, 0.3) is 0 Å². The second-order valence-electron chi connectivity index (χ2n) is 3.46. The van der Waals surface area contributed by atoms with Crippen LogP contribution in [0.2, 0.25) is 0 Å². The predicted molar refractivity (Wildman–Crippen MR) is 71.6 cm³/mol. The minimum absolute atomic E-state index is 0.633. The fourth-order valence-electron chi connectivity index (χ4n) is 1.56. The van der Waals surface area contributed by atoms with Crippen molar-refractivity contribution in [3.8, 4) is 0 Å². The molecule has 0 N–H and O–H groups in total. The summed E-state index contributed by atoms with van der Waals surface area (Å²) in [6, 6.07) is 8.70. The number of aryl methyl sites for hydroxylation is 1. The molecule has 0 nitrogen and oxygen atoms in total. The molecule has 0 radical (unpaired) electrons. The van der Waals surface area contributed by atoms with Crippen molar-refractivity contribution >= 4 is 36.2 Å². The molecule has 0 bridgehead atoms. The van der Waals surface area contributed by atoms with Crippen molar-refractivity contribution in [1.82, 2.24) is 0 Å².